The van der Waals surface area contributed by atoms with Crippen LogP contribution in [-0.4, -0.2) is 28.9 Å². The molecule has 2 aromatic heterocycles. The van der Waals surface area contributed by atoms with Crippen LogP contribution in [0.15, 0.2) is 24.5 Å². The van der Waals surface area contributed by atoms with Gasteiger partial charge in [0.2, 0.25) is 0 Å². The zero-order chi connectivity index (χ0) is 13.1. The molecule has 96 valence electrons. The lowest BCUT2D eigenvalue weighted by Gasteiger charge is -2.18. The Balaban J connectivity index is 2.44. The van der Waals surface area contributed by atoms with Gasteiger partial charge in [-0.2, -0.15) is 5.10 Å². The van der Waals surface area contributed by atoms with E-state index in [0.29, 0.717) is 0 Å². The third-order valence-corrected chi connectivity index (χ3v) is 3.00. The molecule has 1 atom stereocenters. The minimum atomic E-state index is 0.0144. The summed E-state index contributed by atoms with van der Waals surface area (Å²) >= 11 is 0. The Kier molecular flexibility index (Phi) is 3.62. The molecule has 2 heterocycles. The van der Waals surface area contributed by atoms with Crippen molar-refractivity contribution in [1.29, 1.82) is 0 Å². The molecule has 0 amide bonds. The van der Waals surface area contributed by atoms with E-state index in [9.17, 15) is 0 Å². The summed E-state index contributed by atoms with van der Waals surface area (Å²) in [4.78, 5) is 4.33. The number of nitrogens with zero attached hydrogens (tertiary/aromatic N) is 3. The second kappa shape index (κ2) is 5.18. The van der Waals surface area contributed by atoms with Gasteiger partial charge in [0.05, 0.1) is 19.3 Å². The first-order valence-corrected chi connectivity index (χ1v) is 5.83. The smallest absolute Gasteiger partial charge is 0.161 e. The lowest BCUT2D eigenvalue weighted by atomic mass is 10.1. The summed E-state index contributed by atoms with van der Waals surface area (Å²) in [5.74, 6) is 0.775. The van der Waals surface area contributed by atoms with Crippen LogP contribution in [-0.2, 0) is 7.05 Å². The van der Waals surface area contributed by atoms with Crippen LogP contribution in [0.4, 0.5) is 0 Å². The number of nitrogens with one attached hydrogen (secondary N) is 1. The van der Waals surface area contributed by atoms with E-state index in [1.807, 2.05) is 38.0 Å². The van der Waals surface area contributed by atoms with E-state index in [4.69, 9.17) is 4.74 Å². The normalized spacial score (nSPS) is 12.4. The largest absolute Gasteiger partial charge is 0.493 e. The van der Waals surface area contributed by atoms with Crippen molar-refractivity contribution in [3.05, 3.63) is 41.5 Å². The highest BCUT2D eigenvalue weighted by atomic mass is 16.5. The molecule has 1 unspecified atom stereocenters. The molecule has 0 radical (unpaired) electrons. The standard InChI is InChI=1S/C13H18N4O/c1-9-5-6-10(7-15-9)12(14-2)13-11(18-4)8-16-17(13)3/h5-8,12,14H,1-4H3. The lowest BCUT2D eigenvalue weighted by Crippen LogP contribution is -2.21. The third-order valence-electron chi connectivity index (χ3n) is 3.00. The first-order chi connectivity index (χ1) is 8.67. The van der Waals surface area contributed by atoms with Crippen molar-refractivity contribution in [3.63, 3.8) is 0 Å². The van der Waals surface area contributed by atoms with Crippen LogP contribution in [0.25, 0.3) is 0 Å². The Labute approximate surface area is 107 Å². The average molecular weight is 246 g/mol. The van der Waals surface area contributed by atoms with Gasteiger partial charge in [0.25, 0.3) is 0 Å². The maximum absolute atomic E-state index is 5.35. The van der Waals surface area contributed by atoms with Gasteiger partial charge in [0.15, 0.2) is 5.75 Å². The fraction of sp³-hybridized carbons (Fsp3) is 0.385. The summed E-state index contributed by atoms with van der Waals surface area (Å²) in [6.07, 6.45) is 3.60. The van der Waals surface area contributed by atoms with Gasteiger partial charge in [-0.3, -0.25) is 9.67 Å². The molecule has 0 spiro atoms. The van der Waals surface area contributed by atoms with E-state index in [1.54, 1.807) is 13.3 Å². The lowest BCUT2D eigenvalue weighted by molar-refractivity contribution is 0.402. The highest BCUT2D eigenvalue weighted by Crippen LogP contribution is 2.28. The summed E-state index contributed by atoms with van der Waals surface area (Å²) in [5.41, 5.74) is 3.08. The van der Waals surface area contributed by atoms with E-state index >= 15 is 0 Å². The van der Waals surface area contributed by atoms with E-state index in [1.165, 1.54) is 0 Å². The molecule has 5 nitrogen and oxygen atoms in total. The maximum Gasteiger partial charge on any atom is 0.161 e. The van der Waals surface area contributed by atoms with Crippen LogP contribution in [0.5, 0.6) is 5.75 Å². The van der Waals surface area contributed by atoms with Crippen LogP contribution in [0, 0.1) is 6.92 Å². The first kappa shape index (κ1) is 12.6. The molecule has 2 aromatic rings. The molecule has 0 saturated carbocycles. The van der Waals surface area contributed by atoms with Crippen LogP contribution in [0.2, 0.25) is 0 Å². The highest BCUT2D eigenvalue weighted by Gasteiger charge is 2.21. The molecule has 0 aliphatic rings. The summed E-state index contributed by atoms with van der Waals surface area (Å²) < 4.78 is 7.17. The Bertz CT molecular complexity index is 518. The van der Waals surface area contributed by atoms with E-state index < -0.39 is 0 Å². The van der Waals surface area contributed by atoms with E-state index in [-0.39, 0.29) is 6.04 Å². The Morgan fingerprint density at radius 2 is 2.11 bits per heavy atom. The number of rotatable bonds is 4. The molecule has 2 rings (SSSR count). The zero-order valence-corrected chi connectivity index (χ0v) is 11.1. The summed E-state index contributed by atoms with van der Waals surface area (Å²) in [7, 11) is 5.47. The minimum Gasteiger partial charge on any atom is -0.493 e. The number of hydrogen-bond donors (Lipinski definition) is 1. The molecule has 5 heteroatoms. The summed E-state index contributed by atoms with van der Waals surface area (Å²) in [6, 6.07) is 4.08. The second-order valence-electron chi connectivity index (χ2n) is 4.18. The Hall–Kier alpha value is -1.88. The van der Waals surface area contributed by atoms with Gasteiger partial charge in [-0.05, 0) is 25.6 Å². The predicted molar refractivity (Wildman–Crippen MR) is 69.6 cm³/mol. The van der Waals surface area contributed by atoms with Gasteiger partial charge in [0, 0.05) is 18.9 Å². The Morgan fingerprint density at radius 3 is 2.67 bits per heavy atom. The second-order valence-corrected chi connectivity index (χ2v) is 4.18. The van der Waals surface area contributed by atoms with Crippen molar-refractivity contribution in [2.45, 2.75) is 13.0 Å². The fourth-order valence-electron chi connectivity index (χ4n) is 2.02. The van der Waals surface area contributed by atoms with Gasteiger partial charge in [-0.25, -0.2) is 0 Å². The van der Waals surface area contributed by atoms with Gasteiger partial charge in [-0.1, -0.05) is 6.07 Å². The number of ether oxygens (including phenoxy) is 1. The monoisotopic (exact) mass is 246 g/mol. The van der Waals surface area contributed by atoms with Gasteiger partial charge in [-0.15, -0.1) is 0 Å². The number of aromatic nitrogens is 3. The molecular formula is C13H18N4O. The molecular weight excluding hydrogens is 228 g/mol. The van der Waals surface area contributed by atoms with Crippen LogP contribution < -0.4 is 10.1 Å². The summed E-state index contributed by atoms with van der Waals surface area (Å²) in [6.45, 7) is 1.98. The van der Waals surface area contributed by atoms with Crippen molar-refractivity contribution in [1.82, 2.24) is 20.1 Å². The molecule has 0 fully saturated rings. The van der Waals surface area contributed by atoms with E-state index in [0.717, 1.165) is 22.7 Å². The molecule has 18 heavy (non-hydrogen) atoms. The number of hydrogen-bond acceptors (Lipinski definition) is 4. The topological polar surface area (TPSA) is 52.0 Å². The third kappa shape index (κ3) is 2.22. The van der Waals surface area contributed by atoms with Crippen LogP contribution in [0.1, 0.15) is 23.0 Å². The number of methoxy groups -OCH3 is 1. The first-order valence-electron chi connectivity index (χ1n) is 5.83. The maximum atomic E-state index is 5.35. The molecule has 0 aliphatic carbocycles. The highest BCUT2D eigenvalue weighted by molar-refractivity contribution is 5.35. The number of pyridine rings is 1. The van der Waals surface area contributed by atoms with Crippen molar-refractivity contribution in [2.24, 2.45) is 7.05 Å². The molecule has 0 aliphatic heterocycles. The molecule has 0 aromatic carbocycles. The quantitative estimate of drug-likeness (QED) is 0.887. The van der Waals surface area contributed by atoms with Gasteiger partial charge in [0.1, 0.15) is 5.69 Å². The SMILES string of the molecule is CNC(c1ccc(C)nc1)c1c(OC)cnn1C. The van der Waals surface area contributed by atoms with E-state index in [2.05, 4.69) is 21.5 Å². The fourth-order valence-corrected chi connectivity index (χ4v) is 2.02. The van der Waals surface area contributed by atoms with Crippen LogP contribution >= 0.6 is 0 Å². The van der Waals surface area contributed by atoms with Gasteiger partial charge >= 0.3 is 0 Å². The van der Waals surface area contributed by atoms with Crippen molar-refractivity contribution in [2.75, 3.05) is 14.2 Å². The molecule has 1 N–H and O–H groups in total. The molecule has 0 bridgehead atoms. The van der Waals surface area contributed by atoms with Crippen LogP contribution in [0.3, 0.4) is 0 Å². The number of aryl methyl sites for hydroxylation is 2. The van der Waals surface area contributed by atoms with Crippen molar-refractivity contribution in [3.8, 4) is 5.75 Å². The van der Waals surface area contributed by atoms with Gasteiger partial charge < -0.3 is 10.1 Å². The summed E-state index contributed by atoms with van der Waals surface area (Å²) in [5, 5.41) is 7.51. The molecule has 0 saturated heterocycles. The zero-order valence-electron chi connectivity index (χ0n) is 11.1. The Morgan fingerprint density at radius 1 is 1.33 bits per heavy atom. The minimum absolute atomic E-state index is 0.0144. The predicted octanol–water partition coefficient (Wildman–Crippen LogP) is 1.44. The van der Waals surface area contributed by atoms with Crippen molar-refractivity contribution >= 4 is 0 Å². The van der Waals surface area contributed by atoms with Crippen molar-refractivity contribution < 1.29 is 4.74 Å². The average Bonchev–Trinajstić information content (AvgIpc) is 2.74.